The zero-order chi connectivity index (χ0) is 16.0. The van der Waals surface area contributed by atoms with Crippen LogP contribution in [0.4, 0.5) is 18.9 Å². The molecule has 1 atom stereocenters. The van der Waals surface area contributed by atoms with Gasteiger partial charge in [0.25, 0.3) is 0 Å². The largest absolute Gasteiger partial charge is 0.417 e. The monoisotopic (exact) mass is 300 g/mol. The van der Waals surface area contributed by atoms with Crippen molar-refractivity contribution in [3.63, 3.8) is 0 Å². The van der Waals surface area contributed by atoms with Gasteiger partial charge in [-0.1, -0.05) is 13.8 Å². The first kappa shape index (κ1) is 17.3. The Hall–Kier alpha value is -1.74. The molecule has 0 spiro atoms. The summed E-state index contributed by atoms with van der Waals surface area (Å²) in [6.07, 6.45) is -4.52. The predicted molar refractivity (Wildman–Crippen MR) is 74.9 cm³/mol. The van der Waals surface area contributed by atoms with E-state index in [0.29, 0.717) is 18.9 Å². The van der Waals surface area contributed by atoms with Gasteiger partial charge in [-0.05, 0) is 31.0 Å². The maximum atomic E-state index is 12.7. The van der Waals surface area contributed by atoms with Gasteiger partial charge in [-0.3, -0.25) is 0 Å². The third kappa shape index (κ3) is 4.94. The normalized spacial score (nSPS) is 13.0. The minimum absolute atomic E-state index is 0.0340. The Balaban J connectivity index is 2.97. The molecule has 0 heterocycles. The van der Waals surface area contributed by atoms with E-state index < -0.39 is 11.7 Å². The van der Waals surface area contributed by atoms with Crippen LogP contribution in [0.5, 0.6) is 0 Å². The van der Waals surface area contributed by atoms with Crippen LogP contribution in [0.3, 0.4) is 0 Å². The number of nitriles is 1. The molecule has 0 aliphatic heterocycles. The van der Waals surface area contributed by atoms with Crippen LogP contribution < -0.4 is 5.32 Å². The number of anilines is 1. The van der Waals surface area contributed by atoms with Crippen molar-refractivity contribution in [2.24, 2.45) is 5.92 Å². The second kappa shape index (κ2) is 7.32. The number of rotatable bonds is 6. The molecule has 3 nitrogen and oxygen atoms in total. The van der Waals surface area contributed by atoms with Gasteiger partial charge in [-0.25, -0.2) is 0 Å². The standard InChI is InChI=1S/C15H19F3N2O/c1-4-21-9-14(10(2)3)20-12-5-6-13(15(16,17)18)11(7-12)8-19/h5-7,10,14,20H,4,9H2,1-3H3. The topological polar surface area (TPSA) is 45.0 Å². The lowest BCUT2D eigenvalue weighted by molar-refractivity contribution is -0.137. The highest BCUT2D eigenvalue weighted by atomic mass is 19.4. The maximum Gasteiger partial charge on any atom is 0.417 e. The van der Waals surface area contributed by atoms with Gasteiger partial charge < -0.3 is 10.1 Å². The van der Waals surface area contributed by atoms with Gasteiger partial charge in [0.1, 0.15) is 0 Å². The smallest absolute Gasteiger partial charge is 0.380 e. The second-order valence-electron chi connectivity index (χ2n) is 5.02. The molecule has 116 valence electrons. The Morgan fingerprint density at radius 2 is 2.00 bits per heavy atom. The van der Waals surface area contributed by atoms with Gasteiger partial charge >= 0.3 is 6.18 Å². The average molecular weight is 300 g/mol. The summed E-state index contributed by atoms with van der Waals surface area (Å²) in [6.45, 7) is 6.89. The quantitative estimate of drug-likeness (QED) is 0.862. The van der Waals surface area contributed by atoms with Crippen molar-refractivity contribution in [2.75, 3.05) is 18.5 Å². The van der Waals surface area contributed by atoms with Crippen molar-refractivity contribution in [3.8, 4) is 6.07 Å². The third-order valence-corrected chi connectivity index (χ3v) is 3.10. The highest BCUT2D eigenvalue weighted by Crippen LogP contribution is 2.33. The fraction of sp³-hybridized carbons (Fsp3) is 0.533. The van der Waals surface area contributed by atoms with Gasteiger partial charge in [0.15, 0.2) is 0 Å². The summed E-state index contributed by atoms with van der Waals surface area (Å²) in [5, 5.41) is 12.0. The van der Waals surface area contributed by atoms with E-state index in [2.05, 4.69) is 5.32 Å². The Kier molecular flexibility index (Phi) is 6.03. The Labute approximate surface area is 122 Å². The summed E-state index contributed by atoms with van der Waals surface area (Å²) in [6, 6.07) is 5.06. The minimum atomic E-state index is -4.52. The molecule has 1 rings (SSSR count). The van der Waals surface area contributed by atoms with E-state index in [4.69, 9.17) is 10.00 Å². The molecule has 0 radical (unpaired) electrons. The highest BCUT2D eigenvalue weighted by molar-refractivity contribution is 5.54. The first-order valence-electron chi connectivity index (χ1n) is 6.75. The van der Waals surface area contributed by atoms with Crippen molar-refractivity contribution in [1.29, 1.82) is 5.26 Å². The molecule has 1 aromatic carbocycles. The van der Waals surface area contributed by atoms with Crippen LogP contribution in [0.1, 0.15) is 31.9 Å². The number of alkyl halides is 3. The summed E-state index contributed by atoms with van der Waals surface area (Å²) in [5.74, 6) is 0.240. The lowest BCUT2D eigenvalue weighted by atomic mass is 10.0. The Morgan fingerprint density at radius 1 is 1.33 bits per heavy atom. The van der Waals surface area contributed by atoms with Crippen molar-refractivity contribution in [3.05, 3.63) is 29.3 Å². The van der Waals surface area contributed by atoms with Crippen LogP contribution in [0, 0.1) is 17.2 Å². The zero-order valence-electron chi connectivity index (χ0n) is 12.3. The molecule has 0 aromatic heterocycles. The third-order valence-electron chi connectivity index (χ3n) is 3.10. The molecule has 6 heteroatoms. The zero-order valence-corrected chi connectivity index (χ0v) is 12.3. The van der Waals surface area contributed by atoms with Crippen LogP contribution in [-0.4, -0.2) is 19.3 Å². The Morgan fingerprint density at radius 3 is 2.48 bits per heavy atom. The molecule has 0 saturated carbocycles. The SMILES string of the molecule is CCOCC(Nc1ccc(C(F)(F)F)c(C#N)c1)C(C)C. The van der Waals surface area contributed by atoms with Gasteiger partial charge in [0, 0.05) is 12.3 Å². The summed E-state index contributed by atoms with van der Waals surface area (Å²) >= 11 is 0. The minimum Gasteiger partial charge on any atom is -0.380 e. The number of ether oxygens (including phenoxy) is 1. The van der Waals surface area contributed by atoms with E-state index in [1.165, 1.54) is 12.1 Å². The van der Waals surface area contributed by atoms with Gasteiger partial charge in [-0.2, -0.15) is 18.4 Å². The Bertz CT molecular complexity index is 507. The predicted octanol–water partition coefficient (Wildman–Crippen LogP) is 4.05. The average Bonchev–Trinajstić information content (AvgIpc) is 2.41. The molecule has 0 aliphatic rings. The van der Waals surface area contributed by atoms with Crippen molar-refractivity contribution in [1.82, 2.24) is 0 Å². The highest BCUT2D eigenvalue weighted by Gasteiger charge is 2.33. The number of benzene rings is 1. The molecular weight excluding hydrogens is 281 g/mol. The van der Waals surface area contributed by atoms with Crippen LogP contribution in [-0.2, 0) is 10.9 Å². The van der Waals surface area contributed by atoms with E-state index in [-0.39, 0.29) is 17.5 Å². The van der Waals surface area contributed by atoms with E-state index in [1.54, 1.807) is 6.07 Å². The molecule has 0 saturated heterocycles. The van der Waals surface area contributed by atoms with E-state index in [0.717, 1.165) is 6.07 Å². The number of nitrogens with zero attached hydrogens (tertiary/aromatic N) is 1. The molecule has 1 aromatic rings. The second-order valence-corrected chi connectivity index (χ2v) is 5.02. The van der Waals surface area contributed by atoms with E-state index in [1.807, 2.05) is 20.8 Å². The van der Waals surface area contributed by atoms with E-state index in [9.17, 15) is 13.2 Å². The number of nitrogens with one attached hydrogen (secondary N) is 1. The molecule has 1 N–H and O–H groups in total. The molecule has 0 amide bonds. The molecule has 0 fully saturated rings. The fourth-order valence-electron chi connectivity index (χ4n) is 1.83. The van der Waals surface area contributed by atoms with E-state index >= 15 is 0 Å². The lowest BCUT2D eigenvalue weighted by Gasteiger charge is -2.23. The van der Waals surface area contributed by atoms with Crippen molar-refractivity contribution in [2.45, 2.75) is 33.0 Å². The van der Waals surface area contributed by atoms with Crippen LogP contribution in [0.15, 0.2) is 18.2 Å². The van der Waals surface area contributed by atoms with Gasteiger partial charge in [0.05, 0.1) is 29.8 Å². The molecule has 21 heavy (non-hydrogen) atoms. The molecular formula is C15H19F3N2O. The summed E-state index contributed by atoms with van der Waals surface area (Å²) in [4.78, 5) is 0. The maximum absolute atomic E-state index is 12.7. The number of hydrogen-bond acceptors (Lipinski definition) is 3. The molecule has 0 bridgehead atoms. The van der Waals surface area contributed by atoms with Crippen molar-refractivity contribution >= 4 is 5.69 Å². The van der Waals surface area contributed by atoms with Crippen LogP contribution in [0.25, 0.3) is 0 Å². The van der Waals surface area contributed by atoms with Gasteiger partial charge in [-0.15, -0.1) is 0 Å². The molecule has 1 unspecified atom stereocenters. The number of halogens is 3. The molecule has 0 aliphatic carbocycles. The summed E-state index contributed by atoms with van der Waals surface area (Å²) < 4.78 is 43.6. The fourth-order valence-corrected chi connectivity index (χ4v) is 1.83. The lowest BCUT2D eigenvalue weighted by Crippen LogP contribution is -2.31. The first-order chi connectivity index (χ1) is 9.79. The van der Waals surface area contributed by atoms with Gasteiger partial charge in [0.2, 0.25) is 0 Å². The summed E-state index contributed by atoms with van der Waals surface area (Å²) in [5.41, 5.74) is -0.814. The first-order valence-corrected chi connectivity index (χ1v) is 6.75. The van der Waals surface area contributed by atoms with Crippen molar-refractivity contribution < 1.29 is 17.9 Å². The van der Waals surface area contributed by atoms with Crippen LogP contribution in [0.2, 0.25) is 0 Å². The van der Waals surface area contributed by atoms with Crippen LogP contribution >= 0.6 is 0 Å². The number of hydrogen-bond donors (Lipinski definition) is 1. The summed E-state index contributed by atoms with van der Waals surface area (Å²) in [7, 11) is 0.